The first kappa shape index (κ1) is 17.7. The normalized spacial score (nSPS) is 15.9. The molecule has 0 saturated carbocycles. The van der Waals surface area contributed by atoms with E-state index >= 15 is 0 Å². The van der Waals surface area contributed by atoms with Gasteiger partial charge in [0.1, 0.15) is 17.0 Å². The Morgan fingerprint density at radius 3 is 2.76 bits per heavy atom. The van der Waals surface area contributed by atoms with Gasteiger partial charge in [-0.25, -0.2) is 23.7 Å². The number of rotatable bonds is 3. The number of anilines is 1. The van der Waals surface area contributed by atoms with E-state index in [1.165, 1.54) is 6.07 Å². The van der Waals surface area contributed by atoms with Crippen LogP contribution in [0.3, 0.4) is 0 Å². The van der Waals surface area contributed by atoms with E-state index < -0.39 is 6.43 Å². The minimum atomic E-state index is -2.67. The first-order valence-corrected chi connectivity index (χ1v) is 9.30. The average molecular weight is 392 g/mol. The van der Waals surface area contributed by atoms with E-state index in [-0.39, 0.29) is 11.7 Å². The van der Waals surface area contributed by atoms with E-state index in [1.54, 1.807) is 29.0 Å². The smallest absolute Gasteiger partial charge is 0.280 e. The lowest BCUT2D eigenvalue weighted by Gasteiger charge is -2.13. The molecule has 0 spiro atoms. The van der Waals surface area contributed by atoms with E-state index in [2.05, 4.69) is 15.0 Å². The Hall–Kier alpha value is -3.39. The lowest BCUT2D eigenvalue weighted by Crippen LogP contribution is -2.06. The maximum atomic E-state index is 13.3. The Bertz CT molecular complexity index is 1230. The quantitative estimate of drug-likeness (QED) is 0.550. The zero-order valence-electron chi connectivity index (χ0n) is 15.4. The maximum Gasteiger partial charge on any atom is 0.280 e. The molecule has 29 heavy (non-hydrogen) atoms. The van der Waals surface area contributed by atoms with Crippen LogP contribution in [0.15, 0.2) is 48.7 Å². The second-order valence-electron chi connectivity index (χ2n) is 7.11. The summed E-state index contributed by atoms with van der Waals surface area (Å²) in [5.74, 6) is 0.813. The molecule has 4 aromatic rings. The number of imidazole rings is 1. The molecule has 3 aromatic heterocycles. The molecule has 1 aliphatic carbocycles. The fraction of sp³-hybridized carbons (Fsp3) is 0.190. The molecular formula is C21H18F2N6. The summed E-state index contributed by atoms with van der Waals surface area (Å²) in [6, 6.07) is 12.4. The van der Waals surface area contributed by atoms with Crippen molar-refractivity contribution in [1.29, 1.82) is 0 Å². The minimum Gasteiger partial charge on any atom is -0.383 e. The van der Waals surface area contributed by atoms with Gasteiger partial charge in [-0.2, -0.15) is 0 Å². The number of nitrogens with zero attached hydrogens (tertiary/aromatic N) is 4. The number of hydrogen-bond acceptors (Lipinski definition) is 5. The number of hydrogen-bond donors (Lipinski definition) is 2. The van der Waals surface area contributed by atoms with E-state index in [4.69, 9.17) is 11.5 Å². The van der Waals surface area contributed by atoms with Crippen molar-refractivity contribution in [3.8, 4) is 17.1 Å². The zero-order chi connectivity index (χ0) is 20.1. The van der Waals surface area contributed by atoms with Crippen molar-refractivity contribution in [2.75, 3.05) is 5.73 Å². The summed E-state index contributed by atoms with van der Waals surface area (Å²) in [5.41, 5.74) is 16.4. The maximum absolute atomic E-state index is 13.3. The highest BCUT2D eigenvalue weighted by Crippen LogP contribution is 2.35. The van der Waals surface area contributed by atoms with Gasteiger partial charge in [0.05, 0.1) is 5.56 Å². The van der Waals surface area contributed by atoms with Gasteiger partial charge in [0.2, 0.25) is 0 Å². The molecule has 0 radical (unpaired) electrons. The Morgan fingerprint density at radius 1 is 1.10 bits per heavy atom. The van der Waals surface area contributed by atoms with Crippen molar-refractivity contribution in [3.63, 3.8) is 0 Å². The van der Waals surface area contributed by atoms with Gasteiger partial charge in [0.25, 0.3) is 6.43 Å². The van der Waals surface area contributed by atoms with Crippen LogP contribution in [-0.2, 0) is 6.42 Å². The van der Waals surface area contributed by atoms with Crippen molar-refractivity contribution >= 4 is 17.0 Å². The molecule has 3 heterocycles. The predicted octanol–water partition coefficient (Wildman–Crippen LogP) is 3.95. The van der Waals surface area contributed by atoms with Gasteiger partial charge < -0.3 is 11.5 Å². The summed E-state index contributed by atoms with van der Waals surface area (Å²) >= 11 is 0. The van der Waals surface area contributed by atoms with Crippen LogP contribution in [0, 0.1) is 0 Å². The molecule has 6 nitrogen and oxygen atoms in total. The first-order chi connectivity index (χ1) is 14.0. The number of halogens is 2. The van der Waals surface area contributed by atoms with Crippen molar-refractivity contribution in [1.82, 2.24) is 19.5 Å². The van der Waals surface area contributed by atoms with Crippen LogP contribution >= 0.6 is 0 Å². The number of nitrogen functional groups attached to an aromatic ring is 1. The summed E-state index contributed by atoms with van der Waals surface area (Å²) in [6.45, 7) is 0. The van der Waals surface area contributed by atoms with Crippen molar-refractivity contribution in [2.24, 2.45) is 5.73 Å². The number of alkyl halides is 2. The van der Waals surface area contributed by atoms with E-state index in [9.17, 15) is 8.78 Å². The standard InChI is InChI=1S/C21H18F2N6/c22-18(23)16-7-8-17-21(27-16)29(20(28-17)14-2-1-9-26-19(14)25)12-4-5-13-11(10-12)3-6-15(13)24/h1-2,4-5,7-10,15,18H,3,6,24H2,(H2,25,26)/t15-/m0/s1. The van der Waals surface area contributed by atoms with Crippen LogP contribution in [0.5, 0.6) is 0 Å². The monoisotopic (exact) mass is 392 g/mol. The van der Waals surface area contributed by atoms with Crippen LogP contribution < -0.4 is 11.5 Å². The second-order valence-corrected chi connectivity index (χ2v) is 7.11. The van der Waals surface area contributed by atoms with Gasteiger partial charge >= 0.3 is 0 Å². The highest BCUT2D eigenvalue weighted by molar-refractivity contribution is 5.83. The molecule has 1 aromatic carbocycles. The van der Waals surface area contributed by atoms with Gasteiger partial charge in [-0.15, -0.1) is 0 Å². The molecule has 0 unspecified atom stereocenters. The lowest BCUT2D eigenvalue weighted by molar-refractivity contribution is 0.146. The summed E-state index contributed by atoms with van der Waals surface area (Å²) in [5, 5.41) is 0. The molecule has 8 heteroatoms. The van der Waals surface area contributed by atoms with Gasteiger partial charge in [0.15, 0.2) is 11.5 Å². The minimum absolute atomic E-state index is 0.0237. The van der Waals surface area contributed by atoms with E-state index in [0.29, 0.717) is 28.4 Å². The molecule has 1 aliphatic rings. The highest BCUT2D eigenvalue weighted by atomic mass is 19.3. The number of aromatic nitrogens is 4. The number of fused-ring (bicyclic) bond motifs is 2. The van der Waals surface area contributed by atoms with Crippen LogP contribution in [0.25, 0.3) is 28.2 Å². The molecule has 5 rings (SSSR count). The Kier molecular flexibility index (Phi) is 4.02. The number of benzene rings is 1. The van der Waals surface area contributed by atoms with Crippen LogP contribution in [0.1, 0.15) is 35.7 Å². The van der Waals surface area contributed by atoms with Crippen molar-refractivity contribution < 1.29 is 8.78 Å². The third-order valence-electron chi connectivity index (χ3n) is 5.34. The summed E-state index contributed by atoms with van der Waals surface area (Å²) in [4.78, 5) is 13.0. The molecule has 0 saturated heterocycles. The molecule has 4 N–H and O–H groups in total. The van der Waals surface area contributed by atoms with Crippen LogP contribution in [0.4, 0.5) is 14.6 Å². The number of aryl methyl sites for hydroxylation is 1. The Labute approximate surface area is 165 Å². The van der Waals surface area contributed by atoms with E-state index in [1.807, 2.05) is 18.2 Å². The third kappa shape index (κ3) is 2.84. The fourth-order valence-electron chi connectivity index (χ4n) is 3.90. The summed E-state index contributed by atoms with van der Waals surface area (Å²) in [7, 11) is 0. The van der Waals surface area contributed by atoms with Crippen molar-refractivity contribution in [2.45, 2.75) is 25.3 Å². The van der Waals surface area contributed by atoms with Gasteiger partial charge in [-0.05, 0) is 60.4 Å². The Morgan fingerprint density at radius 2 is 1.97 bits per heavy atom. The van der Waals surface area contributed by atoms with Crippen LogP contribution in [-0.4, -0.2) is 19.5 Å². The topological polar surface area (TPSA) is 95.6 Å². The summed E-state index contributed by atoms with van der Waals surface area (Å²) < 4.78 is 28.4. The molecule has 0 aliphatic heterocycles. The molecular weight excluding hydrogens is 374 g/mol. The lowest BCUT2D eigenvalue weighted by atomic mass is 10.1. The molecule has 0 fully saturated rings. The molecule has 0 bridgehead atoms. The number of nitrogens with two attached hydrogens (primary N) is 2. The Balaban J connectivity index is 1.81. The van der Waals surface area contributed by atoms with Gasteiger partial charge in [0, 0.05) is 17.9 Å². The van der Waals surface area contributed by atoms with Gasteiger partial charge in [-0.1, -0.05) is 6.07 Å². The SMILES string of the molecule is Nc1ncccc1-c1nc2ccc(C(F)F)nc2n1-c1ccc2c(c1)CC[C@@H]2N. The zero-order valence-corrected chi connectivity index (χ0v) is 15.4. The van der Waals surface area contributed by atoms with Crippen molar-refractivity contribution in [3.05, 3.63) is 65.5 Å². The number of pyridine rings is 2. The summed E-state index contributed by atoms with van der Waals surface area (Å²) in [6.07, 6.45) is 0.680. The third-order valence-corrected chi connectivity index (χ3v) is 5.34. The molecule has 0 amide bonds. The first-order valence-electron chi connectivity index (χ1n) is 9.30. The second kappa shape index (κ2) is 6.59. The highest BCUT2D eigenvalue weighted by Gasteiger charge is 2.23. The average Bonchev–Trinajstić information content (AvgIpc) is 3.28. The fourth-order valence-corrected chi connectivity index (χ4v) is 3.90. The molecule has 146 valence electrons. The van der Waals surface area contributed by atoms with E-state index in [0.717, 1.165) is 29.7 Å². The predicted molar refractivity (Wildman–Crippen MR) is 107 cm³/mol. The largest absolute Gasteiger partial charge is 0.383 e. The van der Waals surface area contributed by atoms with Crippen LogP contribution in [0.2, 0.25) is 0 Å². The van der Waals surface area contributed by atoms with Gasteiger partial charge in [-0.3, -0.25) is 4.57 Å². The molecule has 1 atom stereocenters.